The monoisotopic (exact) mass is 546 g/mol. The summed E-state index contributed by atoms with van der Waals surface area (Å²) in [5, 5.41) is 6.48. The first-order valence-corrected chi connectivity index (χ1v) is 13.3. The van der Waals surface area contributed by atoms with Crippen molar-refractivity contribution in [2.24, 2.45) is 0 Å². The van der Waals surface area contributed by atoms with Crippen molar-refractivity contribution in [2.75, 3.05) is 43.4 Å². The highest BCUT2D eigenvalue weighted by Gasteiger charge is 2.23. The zero-order chi connectivity index (χ0) is 25.5. The third-order valence-corrected chi connectivity index (χ3v) is 7.32. The van der Waals surface area contributed by atoms with Gasteiger partial charge in [-0.2, -0.15) is 0 Å². The van der Waals surface area contributed by atoms with E-state index < -0.39 is 12.1 Å². The number of carbonyl (C=O) groups is 2. The highest BCUT2D eigenvalue weighted by atomic mass is 35.5. The molecule has 3 aromatic rings. The van der Waals surface area contributed by atoms with Crippen molar-refractivity contribution in [1.82, 2.24) is 10.2 Å². The van der Waals surface area contributed by atoms with Crippen LogP contribution in [0, 0.1) is 0 Å². The second kappa shape index (κ2) is 12.5. The van der Waals surface area contributed by atoms with Crippen LogP contribution >= 0.6 is 34.5 Å². The molecule has 0 spiro atoms. The van der Waals surface area contributed by atoms with Crippen molar-refractivity contribution in [2.45, 2.75) is 18.9 Å². The molecule has 1 saturated heterocycles. The molecule has 0 radical (unpaired) electrons. The van der Waals surface area contributed by atoms with Gasteiger partial charge in [-0.05, 0) is 55.9 Å². The fourth-order valence-corrected chi connectivity index (χ4v) is 5.21. The Morgan fingerprint density at radius 3 is 2.56 bits per heavy atom. The van der Waals surface area contributed by atoms with E-state index in [1.165, 1.54) is 0 Å². The van der Waals surface area contributed by atoms with Gasteiger partial charge in [-0.25, -0.2) is 4.79 Å². The topological polar surface area (TPSA) is 73.9 Å². The van der Waals surface area contributed by atoms with Gasteiger partial charge in [0.15, 0.2) is 5.06 Å². The van der Waals surface area contributed by atoms with Crippen molar-refractivity contribution in [3.05, 3.63) is 75.6 Å². The van der Waals surface area contributed by atoms with Gasteiger partial charge in [0.1, 0.15) is 6.04 Å². The summed E-state index contributed by atoms with van der Waals surface area (Å²) in [5.41, 5.74) is 2.40. The number of thiophene rings is 1. The minimum atomic E-state index is -0.866. The summed E-state index contributed by atoms with van der Waals surface area (Å²) in [6, 6.07) is 17.3. The SMILES string of the molecule is CN1CCCN(c2ccc(NC(=O)[C@@H](Cc3ccccc3)NC(=O)Oc3ccc(Cl)s3)cc2Cl)CC1. The van der Waals surface area contributed by atoms with Gasteiger partial charge in [0.2, 0.25) is 5.91 Å². The first-order valence-electron chi connectivity index (χ1n) is 11.7. The van der Waals surface area contributed by atoms with E-state index in [4.69, 9.17) is 27.9 Å². The van der Waals surface area contributed by atoms with Gasteiger partial charge in [0.05, 0.1) is 15.0 Å². The quantitative estimate of drug-likeness (QED) is 0.407. The lowest BCUT2D eigenvalue weighted by molar-refractivity contribution is -0.118. The molecule has 1 atom stereocenters. The van der Waals surface area contributed by atoms with Gasteiger partial charge in [-0.1, -0.05) is 64.9 Å². The molecule has 2 amide bonds. The fraction of sp³-hybridized carbons (Fsp3) is 0.308. The molecule has 0 unspecified atom stereocenters. The number of carbonyl (C=O) groups excluding carboxylic acids is 2. The highest BCUT2D eigenvalue weighted by molar-refractivity contribution is 7.17. The predicted molar refractivity (Wildman–Crippen MR) is 147 cm³/mol. The average Bonchev–Trinajstić information content (AvgIpc) is 3.13. The van der Waals surface area contributed by atoms with Crippen LogP contribution < -0.4 is 20.3 Å². The number of amides is 2. The lowest BCUT2D eigenvalue weighted by Gasteiger charge is -2.24. The number of likely N-dealkylation sites (N-methyl/N-ethyl adjacent to an activating group) is 1. The lowest BCUT2D eigenvalue weighted by Crippen LogP contribution is -2.46. The number of benzene rings is 2. The standard InChI is InChI=1S/C26H28Cl2N4O3S/c1-31-12-5-13-32(15-14-31)22-9-8-19(17-20(22)27)29-25(33)21(16-18-6-3-2-4-7-18)30-26(34)35-24-11-10-23(28)36-24/h2-4,6-11,17,21H,5,12-16H2,1H3,(H,29,33)(H,30,34)/t21-/m1/s1. The minimum Gasteiger partial charge on any atom is -0.399 e. The zero-order valence-electron chi connectivity index (χ0n) is 19.9. The van der Waals surface area contributed by atoms with Crippen molar-refractivity contribution >= 4 is 57.9 Å². The van der Waals surface area contributed by atoms with E-state index in [9.17, 15) is 9.59 Å². The average molecular weight is 548 g/mol. The first-order chi connectivity index (χ1) is 17.4. The maximum absolute atomic E-state index is 13.2. The Labute approximate surface area is 224 Å². The molecule has 1 fully saturated rings. The summed E-state index contributed by atoms with van der Waals surface area (Å²) in [6.07, 6.45) is 0.621. The molecular formula is C26H28Cl2N4O3S. The van der Waals surface area contributed by atoms with Gasteiger partial charge >= 0.3 is 6.09 Å². The van der Waals surface area contributed by atoms with E-state index in [1.54, 1.807) is 18.2 Å². The van der Waals surface area contributed by atoms with E-state index in [2.05, 4.69) is 27.5 Å². The number of nitrogens with zero attached hydrogens (tertiary/aromatic N) is 2. The summed E-state index contributed by atoms with van der Waals surface area (Å²) in [4.78, 5) is 30.3. The number of halogens is 2. The van der Waals surface area contributed by atoms with Crippen LogP contribution in [0.2, 0.25) is 9.36 Å². The summed E-state index contributed by atoms with van der Waals surface area (Å²) >= 11 is 13.7. The second-order valence-corrected chi connectivity index (χ2v) is 10.7. The number of ether oxygens (including phenoxy) is 1. The molecule has 2 heterocycles. The molecule has 0 aliphatic carbocycles. The van der Waals surface area contributed by atoms with Crippen LogP contribution in [0.1, 0.15) is 12.0 Å². The molecule has 1 aliphatic heterocycles. The summed E-state index contributed by atoms with van der Waals surface area (Å²) in [5.74, 6) is -0.375. The van der Waals surface area contributed by atoms with Crippen molar-refractivity contribution in [3.63, 3.8) is 0 Å². The van der Waals surface area contributed by atoms with E-state index in [0.717, 1.165) is 55.2 Å². The maximum atomic E-state index is 13.2. The fourth-order valence-electron chi connectivity index (χ4n) is 4.03. The van der Waals surface area contributed by atoms with Crippen LogP contribution in [-0.2, 0) is 11.2 Å². The molecule has 4 rings (SSSR count). The van der Waals surface area contributed by atoms with Crippen LogP contribution in [0.5, 0.6) is 5.06 Å². The van der Waals surface area contributed by atoms with Crippen LogP contribution in [0.3, 0.4) is 0 Å². The molecule has 36 heavy (non-hydrogen) atoms. The molecule has 1 aromatic heterocycles. The Morgan fingerprint density at radius 2 is 1.83 bits per heavy atom. The number of rotatable bonds is 7. The smallest absolute Gasteiger partial charge is 0.399 e. The lowest BCUT2D eigenvalue weighted by atomic mass is 10.1. The Morgan fingerprint density at radius 1 is 1.03 bits per heavy atom. The molecular weight excluding hydrogens is 519 g/mol. The molecule has 10 heteroatoms. The van der Waals surface area contributed by atoms with Gasteiger partial charge in [0.25, 0.3) is 0 Å². The third kappa shape index (κ3) is 7.36. The first kappa shape index (κ1) is 26.3. The molecule has 1 aliphatic rings. The van der Waals surface area contributed by atoms with Crippen LogP contribution in [0.4, 0.5) is 16.2 Å². The predicted octanol–water partition coefficient (Wildman–Crippen LogP) is 5.54. The van der Waals surface area contributed by atoms with Gasteiger partial charge in [-0.15, -0.1) is 0 Å². The normalized spacial score (nSPS) is 15.1. The number of anilines is 2. The molecule has 7 nitrogen and oxygen atoms in total. The van der Waals surface area contributed by atoms with Gasteiger partial charge in [-0.3, -0.25) is 4.79 Å². The molecule has 0 bridgehead atoms. The second-order valence-electron chi connectivity index (χ2n) is 8.63. The Hall–Kier alpha value is -2.78. The van der Waals surface area contributed by atoms with Gasteiger partial charge in [0, 0.05) is 31.7 Å². The maximum Gasteiger partial charge on any atom is 0.414 e. The summed E-state index contributed by atoms with van der Waals surface area (Å²) < 4.78 is 5.80. The van der Waals surface area contributed by atoms with Crippen LogP contribution in [0.25, 0.3) is 0 Å². The zero-order valence-corrected chi connectivity index (χ0v) is 22.2. The Kier molecular flexibility index (Phi) is 9.09. The molecule has 2 aromatic carbocycles. The number of nitrogens with one attached hydrogen (secondary N) is 2. The van der Waals surface area contributed by atoms with E-state index in [-0.39, 0.29) is 5.91 Å². The number of hydrogen-bond acceptors (Lipinski definition) is 6. The molecule has 190 valence electrons. The van der Waals surface area contributed by atoms with Crippen LogP contribution in [-0.4, -0.2) is 56.2 Å². The van der Waals surface area contributed by atoms with Crippen LogP contribution in [0.15, 0.2) is 60.7 Å². The highest BCUT2D eigenvalue weighted by Crippen LogP contribution is 2.30. The summed E-state index contributed by atoms with van der Waals surface area (Å²) in [6.45, 7) is 3.84. The van der Waals surface area contributed by atoms with Crippen molar-refractivity contribution in [3.8, 4) is 5.06 Å². The van der Waals surface area contributed by atoms with Crippen molar-refractivity contribution < 1.29 is 14.3 Å². The Balaban J connectivity index is 1.45. The summed E-state index contributed by atoms with van der Waals surface area (Å²) in [7, 11) is 2.12. The molecule has 0 saturated carbocycles. The largest absolute Gasteiger partial charge is 0.414 e. The third-order valence-electron chi connectivity index (χ3n) is 5.91. The van der Waals surface area contributed by atoms with E-state index in [1.807, 2.05) is 42.5 Å². The van der Waals surface area contributed by atoms with E-state index >= 15 is 0 Å². The molecule has 2 N–H and O–H groups in total. The number of hydrogen-bond donors (Lipinski definition) is 2. The Bertz CT molecular complexity index is 1190. The van der Waals surface area contributed by atoms with E-state index in [0.29, 0.717) is 26.5 Å². The van der Waals surface area contributed by atoms with Crippen molar-refractivity contribution in [1.29, 1.82) is 0 Å². The minimum absolute atomic E-state index is 0.292. The van der Waals surface area contributed by atoms with Gasteiger partial charge < -0.3 is 25.2 Å².